The molecular formula is C29H30N4O3. The Hall–Kier alpha value is -4.10. The molecule has 4 aromatic rings. The van der Waals surface area contributed by atoms with Crippen molar-refractivity contribution in [2.24, 2.45) is 0 Å². The fraction of sp³-hybridized carbons (Fsp3) is 0.241. The van der Waals surface area contributed by atoms with Crippen LogP contribution in [0.25, 0.3) is 22.5 Å². The molecule has 0 bridgehead atoms. The lowest BCUT2D eigenvalue weighted by molar-refractivity contribution is 0.268. The van der Waals surface area contributed by atoms with E-state index in [9.17, 15) is 10.2 Å². The van der Waals surface area contributed by atoms with Crippen LogP contribution in [0.1, 0.15) is 25.7 Å². The van der Waals surface area contributed by atoms with Crippen molar-refractivity contribution >= 4 is 11.6 Å². The molecule has 2 heterocycles. The van der Waals surface area contributed by atoms with Gasteiger partial charge in [-0.05, 0) is 105 Å². The van der Waals surface area contributed by atoms with Gasteiger partial charge in [0.05, 0.1) is 18.0 Å². The number of rotatable bonds is 8. The van der Waals surface area contributed by atoms with Gasteiger partial charge in [-0.25, -0.2) is 9.97 Å². The number of nitrogens with one attached hydrogen (secondary N) is 2. The van der Waals surface area contributed by atoms with Gasteiger partial charge in [0.1, 0.15) is 17.2 Å². The average Bonchev–Trinajstić information content (AvgIpc) is 2.91. The van der Waals surface area contributed by atoms with Gasteiger partial charge in [-0.2, -0.15) is 0 Å². The van der Waals surface area contributed by atoms with Gasteiger partial charge in [0.25, 0.3) is 0 Å². The zero-order valence-corrected chi connectivity index (χ0v) is 20.0. The molecule has 1 aromatic heterocycles. The maximum absolute atomic E-state index is 9.67. The lowest BCUT2D eigenvalue weighted by Gasteiger charge is -2.23. The van der Waals surface area contributed by atoms with Crippen molar-refractivity contribution in [1.82, 2.24) is 15.3 Å². The summed E-state index contributed by atoms with van der Waals surface area (Å²) in [7, 11) is 0. The quantitative estimate of drug-likeness (QED) is 0.249. The number of aromatic nitrogens is 2. The van der Waals surface area contributed by atoms with Crippen LogP contribution in [0.5, 0.6) is 17.2 Å². The van der Waals surface area contributed by atoms with Crippen LogP contribution in [-0.4, -0.2) is 39.4 Å². The van der Waals surface area contributed by atoms with E-state index in [-0.39, 0.29) is 11.5 Å². The van der Waals surface area contributed by atoms with E-state index in [1.54, 1.807) is 24.3 Å². The summed E-state index contributed by atoms with van der Waals surface area (Å²) in [5, 5.41) is 26.2. The molecule has 0 aliphatic carbocycles. The molecule has 0 radical (unpaired) electrons. The van der Waals surface area contributed by atoms with Crippen molar-refractivity contribution in [3.05, 3.63) is 78.9 Å². The number of anilines is 2. The van der Waals surface area contributed by atoms with Gasteiger partial charge in [0, 0.05) is 22.9 Å². The minimum Gasteiger partial charge on any atom is -0.508 e. The summed E-state index contributed by atoms with van der Waals surface area (Å²) >= 11 is 0. The summed E-state index contributed by atoms with van der Waals surface area (Å²) in [6.07, 6.45) is 4.80. The summed E-state index contributed by atoms with van der Waals surface area (Å²) in [5.41, 5.74) is 3.98. The summed E-state index contributed by atoms with van der Waals surface area (Å²) in [4.78, 5) is 9.41. The Kier molecular flexibility index (Phi) is 7.28. The predicted molar refractivity (Wildman–Crippen MR) is 142 cm³/mol. The topological polar surface area (TPSA) is 99.5 Å². The maximum Gasteiger partial charge on any atom is 0.228 e. The van der Waals surface area contributed by atoms with E-state index in [0.29, 0.717) is 30.0 Å². The fourth-order valence-electron chi connectivity index (χ4n) is 4.32. The van der Waals surface area contributed by atoms with Gasteiger partial charge in [0.2, 0.25) is 5.95 Å². The standard InChI is InChI=1S/C29H30N4O3/c34-24-10-4-20(5-11-24)27-19-28(21-6-12-25(35)13-7-21)33-29(32-27)31-23-8-14-26(15-9-23)36-18-16-22-3-1-2-17-30-22/h4-15,19,22,30,34-35H,1-3,16-18H2,(H,31,32,33). The second-order valence-electron chi connectivity index (χ2n) is 8.99. The molecule has 7 nitrogen and oxygen atoms in total. The van der Waals surface area contributed by atoms with Crippen LogP contribution in [-0.2, 0) is 0 Å². The number of piperidine rings is 1. The van der Waals surface area contributed by atoms with E-state index in [1.807, 2.05) is 54.6 Å². The maximum atomic E-state index is 9.67. The highest BCUT2D eigenvalue weighted by atomic mass is 16.5. The van der Waals surface area contributed by atoms with Crippen LogP contribution in [0.3, 0.4) is 0 Å². The minimum absolute atomic E-state index is 0.197. The molecule has 5 rings (SSSR count). The van der Waals surface area contributed by atoms with Gasteiger partial charge >= 0.3 is 0 Å². The number of phenols is 2. The summed E-state index contributed by atoms with van der Waals surface area (Å²) in [5.74, 6) is 1.67. The number of aromatic hydroxyl groups is 2. The Bertz CT molecular complexity index is 1210. The fourth-order valence-corrected chi connectivity index (χ4v) is 4.32. The molecule has 1 atom stereocenters. The molecule has 7 heteroatoms. The van der Waals surface area contributed by atoms with E-state index in [0.717, 1.165) is 35.5 Å². The van der Waals surface area contributed by atoms with Crippen LogP contribution >= 0.6 is 0 Å². The van der Waals surface area contributed by atoms with E-state index in [1.165, 1.54) is 19.3 Å². The van der Waals surface area contributed by atoms with E-state index in [4.69, 9.17) is 14.7 Å². The first kappa shape index (κ1) is 23.6. The van der Waals surface area contributed by atoms with E-state index in [2.05, 4.69) is 10.6 Å². The Labute approximate surface area is 210 Å². The normalized spacial score (nSPS) is 15.4. The molecule has 0 spiro atoms. The van der Waals surface area contributed by atoms with Gasteiger partial charge in [-0.1, -0.05) is 6.42 Å². The zero-order valence-electron chi connectivity index (χ0n) is 20.0. The molecular weight excluding hydrogens is 452 g/mol. The third-order valence-corrected chi connectivity index (χ3v) is 6.31. The first-order chi connectivity index (χ1) is 17.6. The largest absolute Gasteiger partial charge is 0.508 e. The third-order valence-electron chi connectivity index (χ3n) is 6.31. The molecule has 0 amide bonds. The van der Waals surface area contributed by atoms with Crippen LogP contribution < -0.4 is 15.4 Å². The summed E-state index contributed by atoms with van der Waals surface area (Å²) in [6, 6.07) is 24.0. The van der Waals surface area contributed by atoms with Crippen LogP contribution in [0, 0.1) is 0 Å². The first-order valence-corrected chi connectivity index (χ1v) is 12.3. The molecule has 1 fully saturated rings. The van der Waals surface area contributed by atoms with Gasteiger partial charge in [0.15, 0.2) is 0 Å². The Morgan fingerprint density at radius 3 is 1.97 bits per heavy atom. The Morgan fingerprint density at radius 2 is 1.42 bits per heavy atom. The molecule has 4 N–H and O–H groups in total. The molecule has 3 aromatic carbocycles. The summed E-state index contributed by atoms with van der Waals surface area (Å²) in [6.45, 7) is 1.80. The molecule has 1 saturated heterocycles. The average molecular weight is 483 g/mol. The number of phenolic OH excluding ortho intramolecular Hbond substituents is 2. The Morgan fingerprint density at radius 1 is 0.806 bits per heavy atom. The first-order valence-electron chi connectivity index (χ1n) is 12.3. The van der Waals surface area contributed by atoms with Gasteiger partial charge in [-0.3, -0.25) is 0 Å². The Balaban J connectivity index is 1.32. The lowest BCUT2D eigenvalue weighted by Crippen LogP contribution is -2.35. The molecule has 0 saturated carbocycles. The molecule has 1 aliphatic heterocycles. The highest BCUT2D eigenvalue weighted by Gasteiger charge is 2.13. The van der Waals surface area contributed by atoms with Crippen molar-refractivity contribution in [2.45, 2.75) is 31.7 Å². The number of nitrogens with zero attached hydrogens (tertiary/aromatic N) is 2. The molecule has 1 unspecified atom stereocenters. The van der Waals surface area contributed by atoms with Crippen LogP contribution in [0.15, 0.2) is 78.9 Å². The number of hydrogen-bond donors (Lipinski definition) is 4. The van der Waals surface area contributed by atoms with Crippen molar-refractivity contribution in [3.8, 4) is 39.8 Å². The van der Waals surface area contributed by atoms with E-state index < -0.39 is 0 Å². The number of benzene rings is 3. The van der Waals surface area contributed by atoms with Crippen molar-refractivity contribution in [3.63, 3.8) is 0 Å². The zero-order chi connectivity index (χ0) is 24.7. The number of hydrogen-bond acceptors (Lipinski definition) is 7. The lowest BCUT2D eigenvalue weighted by atomic mass is 10.0. The van der Waals surface area contributed by atoms with Crippen molar-refractivity contribution in [1.29, 1.82) is 0 Å². The smallest absolute Gasteiger partial charge is 0.228 e. The second kappa shape index (κ2) is 11.1. The minimum atomic E-state index is 0.197. The number of ether oxygens (including phenoxy) is 1. The monoisotopic (exact) mass is 482 g/mol. The summed E-state index contributed by atoms with van der Waals surface area (Å²) < 4.78 is 5.95. The third kappa shape index (κ3) is 6.12. The van der Waals surface area contributed by atoms with Crippen molar-refractivity contribution in [2.75, 3.05) is 18.5 Å². The van der Waals surface area contributed by atoms with Gasteiger partial charge < -0.3 is 25.6 Å². The highest BCUT2D eigenvalue weighted by Crippen LogP contribution is 2.28. The van der Waals surface area contributed by atoms with Crippen LogP contribution in [0.4, 0.5) is 11.6 Å². The van der Waals surface area contributed by atoms with Crippen LogP contribution in [0.2, 0.25) is 0 Å². The second-order valence-corrected chi connectivity index (χ2v) is 8.99. The molecule has 36 heavy (non-hydrogen) atoms. The highest BCUT2D eigenvalue weighted by molar-refractivity contribution is 5.71. The van der Waals surface area contributed by atoms with E-state index >= 15 is 0 Å². The molecule has 1 aliphatic rings. The van der Waals surface area contributed by atoms with Crippen molar-refractivity contribution < 1.29 is 14.9 Å². The SMILES string of the molecule is Oc1ccc(-c2cc(-c3ccc(O)cc3)nc(Nc3ccc(OCCC4CCCCN4)cc3)n2)cc1. The predicted octanol–water partition coefficient (Wildman–Crippen LogP) is 5.88. The molecule has 184 valence electrons. The van der Waals surface area contributed by atoms with Gasteiger partial charge in [-0.15, -0.1) is 0 Å².